The maximum atomic E-state index is 9.10. The van der Waals surface area contributed by atoms with Gasteiger partial charge in [-0.15, -0.1) is 0 Å². The third kappa shape index (κ3) is 2.09. The lowest BCUT2D eigenvalue weighted by atomic mass is 10.2. The van der Waals surface area contributed by atoms with Crippen LogP contribution in [0.15, 0.2) is 0 Å². The van der Waals surface area contributed by atoms with Crippen LogP contribution in [0.25, 0.3) is 0 Å². The standard InChI is InChI=1S/C5H13N3O3/c9-1-5(10,11)4-7-2-6-3-8-4/h4,6-11H,1-3H2. The van der Waals surface area contributed by atoms with Crippen LogP contribution in [0.3, 0.4) is 0 Å². The van der Waals surface area contributed by atoms with Crippen molar-refractivity contribution in [3.8, 4) is 0 Å². The van der Waals surface area contributed by atoms with E-state index in [4.69, 9.17) is 15.3 Å². The number of hydrogen-bond acceptors (Lipinski definition) is 6. The van der Waals surface area contributed by atoms with Gasteiger partial charge >= 0.3 is 0 Å². The Balaban J connectivity index is 2.43. The third-order valence-electron chi connectivity index (χ3n) is 1.56. The highest BCUT2D eigenvalue weighted by molar-refractivity contribution is 4.81. The molecule has 0 bridgehead atoms. The van der Waals surface area contributed by atoms with E-state index in [-0.39, 0.29) is 0 Å². The van der Waals surface area contributed by atoms with Crippen LogP contribution in [-0.2, 0) is 0 Å². The molecule has 0 aromatic rings. The smallest absolute Gasteiger partial charge is 0.216 e. The molecule has 6 N–H and O–H groups in total. The summed E-state index contributed by atoms with van der Waals surface area (Å²) in [6.45, 7) is 0.277. The van der Waals surface area contributed by atoms with Crippen molar-refractivity contribution in [1.29, 1.82) is 0 Å². The number of aliphatic hydroxyl groups excluding tert-OH is 1. The first kappa shape index (κ1) is 8.85. The Bertz CT molecular complexity index is 124. The number of aliphatic hydroxyl groups is 3. The molecule has 0 saturated carbocycles. The first-order valence-corrected chi connectivity index (χ1v) is 3.40. The molecule has 11 heavy (non-hydrogen) atoms. The van der Waals surface area contributed by atoms with Crippen molar-refractivity contribution in [2.75, 3.05) is 19.9 Å². The fraction of sp³-hybridized carbons (Fsp3) is 1.00. The summed E-state index contributed by atoms with van der Waals surface area (Å²) in [6, 6.07) is 0. The van der Waals surface area contributed by atoms with Crippen molar-refractivity contribution in [1.82, 2.24) is 16.0 Å². The monoisotopic (exact) mass is 163 g/mol. The molecule has 1 fully saturated rings. The van der Waals surface area contributed by atoms with Gasteiger partial charge in [-0.3, -0.25) is 16.0 Å². The molecule has 66 valence electrons. The molecule has 0 aliphatic carbocycles. The zero-order valence-corrected chi connectivity index (χ0v) is 6.04. The van der Waals surface area contributed by atoms with E-state index in [1.807, 2.05) is 0 Å². The van der Waals surface area contributed by atoms with Gasteiger partial charge < -0.3 is 15.3 Å². The van der Waals surface area contributed by atoms with Gasteiger partial charge in [-0.25, -0.2) is 0 Å². The molecule has 0 amide bonds. The summed E-state index contributed by atoms with van der Waals surface area (Å²) < 4.78 is 0. The second-order valence-electron chi connectivity index (χ2n) is 2.48. The highest BCUT2D eigenvalue weighted by Gasteiger charge is 2.34. The van der Waals surface area contributed by atoms with Crippen LogP contribution >= 0.6 is 0 Å². The minimum atomic E-state index is -2.10. The van der Waals surface area contributed by atoms with Crippen molar-refractivity contribution in [3.63, 3.8) is 0 Å². The van der Waals surface area contributed by atoms with Gasteiger partial charge in [0.1, 0.15) is 6.17 Å². The molecule has 1 aliphatic rings. The van der Waals surface area contributed by atoms with E-state index < -0.39 is 18.6 Å². The van der Waals surface area contributed by atoms with Gasteiger partial charge in [0.15, 0.2) is 0 Å². The predicted molar refractivity (Wildman–Crippen MR) is 37.2 cm³/mol. The first-order chi connectivity index (χ1) is 5.17. The van der Waals surface area contributed by atoms with Crippen LogP contribution in [0.2, 0.25) is 0 Å². The third-order valence-corrected chi connectivity index (χ3v) is 1.56. The van der Waals surface area contributed by atoms with E-state index in [2.05, 4.69) is 16.0 Å². The molecule has 6 heteroatoms. The van der Waals surface area contributed by atoms with Crippen molar-refractivity contribution < 1.29 is 15.3 Å². The summed E-state index contributed by atoms with van der Waals surface area (Å²) in [5.74, 6) is -2.10. The van der Waals surface area contributed by atoms with Crippen molar-refractivity contribution >= 4 is 0 Å². The lowest BCUT2D eigenvalue weighted by Crippen LogP contribution is -2.67. The number of nitrogens with one attached hydrogen (secondary N) is 3. The molecule has 1 aliphatic heterocycles. The Labute approximate surface area is 64.2 Å². The average Bonchev–Trinajstić information content (AvgIpc) is 2.06. The Kier molecular flexibility index (Phi) is 2.77. The Morgan fingerprint density at radius 2 is 1.82 bits per heavy atom. The topological polar surface area (TPSA) is 96.8 Å². The normalized spacial score (nSPS) is 22.1. The number of hydrogen-bond donors (Lipinski definition) is 6. The van der Waals surface area contributed by atoms with Crippen LogP contribution < -0.4 is 16.0 Å². The van der Waals surface area contributed by atoms with Crippen molar-refractivity contribution in [2.24, 2.45) is 0 Å². The van der Waals surface area contributed by atoms with E-state index in [0.29, 0.717) is 13.3 Å². The van der Waals surface area contributed by atoms with E-state index in [1.165, 1.54) is 0 Å². The van der Waals surface area contributed by atoms with Gasteiger partial charge in [0.25, 0.3) is 0 Å². The summed E-state index contributed by atoms with van der Waals surface area (Å²) >= 11 is 0. The van der Waals surface area contributed by atoms with E-state index in [9.17, 15) is 0 Å². The van der Waals surface area contributed by atoms with E-state index in [1.54, 1.807) is 0 Å². The van der Waals surface area contributed by atoms with Crippen LogP contribution in [-0.4, -0.2) is 47.2 Å². The molecular weight excluding hydrogens is 150 g/mol. The summed E-state index contributed by atoms with van der Waals surface area (Å²) in [6.07, 6.45) is -0.686. The lowest BCUT2D eigenvalue weighted by Gasteiger charge is -2.34. The quantitative estimate of drug-likeness (QED) is 0.238. The second kappa shape index (κ2) is 3.44. The molecule has 6 nitrogen and oxygen atoms in total. The van der Waals surface area contributed by atoms with Gasteiger partial charge in [0.05, 0.1) is 6.61 Å². The zero-order valence-electron chi connectivity index (χ0n) is 6.04. The van der Waals surface area contributed by atoms with Crippen LogP contribution in [0.4, 0.5) is 0 Å². The fourth-order valence-electron chi connectivity index (χ4n) is 0.901. The molecule has 1 heterocycles. The van der Waals surface area contributed by atoms with Gasteiger partial charge in [0, 0.05) is 13.3 Å². The summed E-state index contributed by atoms with van der Waals surface area (Å²) in [7, 11) is 0. The average molecular weight is 163 g/mol. The summed E-state index contributed by atoms with van der Waals surface area (Å²) in [5.41, 5.74) is 0. The van der Waals surface area contributed by atoms with Gasteiger partial charge in [-0.05, 0) is 0 Å². The van der Waals surface area contributed by atoms with Gasteiger partial charge in [-0.1, -0.05) is 0 Å². The molecule has 0 unspecified atom stereocenters. The Morgan fingerprint density at radius 3 is 2.27 bits per heavy atom. The fourth-order valence-corrected chi connectivity index (χ4v) is 0.901. The molecule has 0 aromatic carbocycles. The van der Waals surface area contributed by atoms with E-state index in [0.717, 1.165) is 0 Å². The molecule has 1 saturated heterocycles. The second-order valence-corrected chi connectivity index (χ2v) is 2.48. The zero-order chi connectivity index (χ0) is 8.32. The SMILES string of the molecule is OCC(O)(O)C1NCNCN1. The minimum absolute atomic E-state index is 0.487. The molecular formula is C5H13N3O3. The number of rotatable bonds is 2. The van der Waals surface area contributed by atoms with Crippen molar-refractivity contribution in [2.45, 2.75) is 12.0 Å². The summed E-state index contributed by atoms with van der Waals surface area (Å²) in [5, 5.41) is 35.1. The maximum Gasteiger partial charge on any atom is 0.216 e. The Morgan fingerprint density at radius 1 is 1.27 bits per heavy atom. The van der Waals surface area contributed by atoms with Crippen LogP contribution in [0.5, 0.6) is 0 Å². The Hall–Kier alpha value is -0.240. The van der Waals surface area contributed by atoms with E-state index >= 15 is 0 Å². The molecule has 1 rings (SSSR count). The molecule has 0 spiro atoms. The summed E-state index contributed by atoms with van der Waals surface area (Å²) in [4.78, 5) is 0. The first-order valence-electron chi connectivity index (χ1n) is 3.40. The van der Waals surface area contributed by atoms with Crippen LogP contribution in [0, 0.1) is 0 Å². The maximum absolute atomic E-state index is 9.10. The molecule has 0 atom stereocenters. The highest BCUT2D eigenvalue weighted by Crippen LogP contribution is 2.02. The largest absolute Gasteiger partial charge is 0.391 e. The predicted octanol–water partition coefficient (Wildman–Crippen LogP) is -3.32. The lowest BCUT2D eigenvalue weighted by molar-refractivity contribution is -0.215. The highest BCUT2D eigenvalue weighted by atomic mass is 16.5. The van der Waals surface area contributed by atoms with Crippen molar-refractivity contribution in [3.05, 3.63) is 0 Å². The van der Waals surface area contributed by atoms with Crippen LogP contribution in [0.1, 0.15) is 0 Å². The minimum Gasteiger partial charge on any atom is -0.391 e. The molecule has 0 radical (unpaired) electrons. The van der Waals surface area contributed by atoms with Gasteiger partial charge in [-0.2, -0.15) is 0 Å². The molecule has 0 aromatic heterocycles. The van der Waals surface area contributed by atoms with Gasteiger partial charge in [0.2, 0.25) is 5.79 Å².